The monoisotopic (exact) mass is 218 g/mol. The Balaban J connectivity index is 3.40. The van der Waals surface area contributed by atoms with Gasteiger partial charge in [0.05, 0.1) is 5.60 Å². The Morgan fingerprint density at radius 3 is 2.36 bits per heavy atom. The first-order valence-electron chi connectivity index (χ1n) is 5.87. The normalized spacial score (nSPS) is 12.0. The highest BCUT2D eigenvalue weighted by molar-refractivity contribution is 7.80. The topological polar surface area (TPSA) is 9.23 Å². The van der Waals surface area contributed by atoms with Crippen LogP contribution in [0.4, 0.5) is 0 Å². The lowest BCUT2D eigenvalue weighted by Crippen LogP contribution is -2.24. The number of hydrogen-bond acceptors (Lipinski definition) is 2. The minimum Gasteiger partial charge on any atom is -0.376 e. The summed E-state index contributed by atoms with van der Waals surface area (Å²) in [6.07, 6.45) is 7.33. The van der Waals surface area contributed by atoms with Crippen molar-refractivity contribution in [3.8, 4) is 0 Å². The molecule has 0 amide bonds. The third-order valence-electron chi connectivity index (χ3n) is 2.43. The molecule has 0 saturated carbocycles. The van der Waals surface area contributed by atoms with Crippen LogP contribution in [-0.4, -0.2) is 18.0 Å². The van der Waals surface area contributed by atoms with Crippen LogP contribution in [0.5, 0.6) is 0 Å². The fourth-order valence-electron chi connectivity index (χ4n) is 1.44. The Labute approximate surface area is 95.0 Å². The molecule has 0 aliphatic carbocycles. The molecule has 0 aromatic carbocycles. The summed E-state index contributed by atoms with van der Waals surface area (Å²) in [5, 5.41) is 0. The van der Waals surface area contributed by atoms with Crippen LogP contribution < -0.4 is 0 Å². The second-order valence-corrected chi connectivity index (χ2v) is 4.94. The van der Waals surface area contributed by atoms with E-state index >= 15 is 0 Å². The predicted molar refractivity (Wildman–Crippen MR) is 67.3 cm³/mol. The van der Waals surface area contributed by atoms with Gasteiger partial charge in [0, 0.05) is 6.61 Å². The highest BCUT2D eigenvalue weighted by Crippen LogP contribution is 2.18. The molecule has 0 spiro atoms. The molecule has 0 N–H and O–H groups in total. The van der Waals surface area contributed by atoms with Crippen LogP contribution in [0.25, 0.3) is 0 Å². The van der Waals surface area contributed by atoms with Gasteiger partial charge in [0.25, 0.3) is 0 Å². The molecular weight excluding hydrogens is 192 g/mol. The molecular formula is C12H26OS. The van der Waals surface area contributed by atoms with Crippen LogP contribution in [0.1, 0.15) is 59.3 Å². The van der Waals surface area contributed by atoms with E-state index in [1.807, 2.05) is 0 Å². The molecule has 2 heteroatoms. The van der Waals surface area contributed by atoms with Crippen LogP contribution in [0, 0.1) is 0 Å². The van der Waals surface area contributed by atoms with Crippen LogP contribution in [-0.2, 0) is 4.74 Å². The average molecular weight is 218 g/mol. The van der Waals surface area contributed by atoms with Gasteiger partial charge in [0.1, 0.15) is 0 Å². The first-order valence-corrected chi connectivity index (χ1v) is 6.50. The average Bonchev–Trinajstić information content (AvgIpc) is 2.13. The van der Waals surface area contributed by atoms with Crippen LogP contribution >= 0.6 is 12.6 Å². The highest BCUT2D eigenvalue weighted by atomic mass is 32.1. The second kappa shape index (κ2) is 8.60. The molecule has 0 aliphatic heterocycles. The van der Waals surface area contributed by atoms with E-state index in [4.69, 9.17) is 4.74 Å². The van der Waals surface area contributed by atoms with E-state index < -0.39 is 0 Å². The smallest absolute Gasteiger partial charge is 0.0626 e. The molecule has 86 valence electrons. The standard InChI is InChI=1S/C12H26OS/c1-4-5-7-10-13-12(2,3)9-6-8-11-14/h14H,4-11H2,1-3H3. The molecule has 0 rings (SSSR count). The van der Waals surface area contributed by atoms with Crippen molar-refractivity contribution in [2.45, 2.75) is 64.9 Å². The Morgan fingerprint density at radius 1 is 1.07 bits per heavy atom. The summed E-state index contributed by atoms with van der Waals surface area (Å²) in [6.45, 7) is 7.52. The molecule has 0 saturated heterocycles. The first kappa shape index (κ1) is 14.3. The Kier molecular flexibility index (Phi) is 8.80. The minimum atomic E-state index is 0.0662. The Hall–Kier alpha value is 0.310. The van der Waals surface area contributed by atoms with Gasteiger partial charge in [-0.1, -0.05) is 19.8 Å². The van der Waals surface area contributed by atoms with Gasteiger partial charge in [-0.2, -0.15) is 12.6 Å². The van der Waals surface area contributed by atoms with E-state index in [1.165, 1.54) is 32.1 Å². The highest BCUT2D eigenvalue weighted by Gasteiger charge is 2.16. The van der Waals surface area contributed by atoms with Crippen molar-refractivity contribution >= 4 is 12.6 Å². The molecule has 0 fully saturated rings. The zero-order valence-electron chi connectivity index (χ0n) is 10.0. The summed E-state index contributed by atoms with van der Waals surface area (Å²) in [6, 6.07) is 0. The largest absolute Gasteiger partial charge is 0.376 e. The Bertz CT molecular complexity index is 123. The lowest BCUT2D eigenvalue weighted by molar-refractivity contribution is -0.0262. The van der Waals surface area contributed by atoms with Crippen molar-refractivity contribution in [2.24, 2.45) is 0 Å². The maximum Gasteiger partial charge on any atom is 0.0626 e. The molecule has 0 aliphatic rings. The van der Waals surface area contributed by atoms with Gasteiger partial charge in [0.15, 0.2) is 0 Å². The van der Waals surface area contributed by atoms with Crippen LogP contribution in [0.15, 0.2) is 0 Å². The lowest BCUT2D eigenvalue weighted by Gasteiger charge is -2.25. The summed E-state index contributed by atoms with van der Waals surface area (Å²) in [4.78, 5) is 0. The molecule has 0 aromatic heterocycles. The molecule has 0 bridgehead atoms. The number of ether oxygens (including phenoxy) is 1. The van der Waals surface area contributed by atoms with E-state index in [-0.39, 0.29) is 5.60 Å². The molecule has 0 atom stereocenters. The van der Waals surface area contributed by atoms with Crippen molar-refractivity contribution in [1.82, 2.24) is 0 Å². The number of hydrogen-bond donors (Lipinski definition) is 1. The summed E-state index contributed by atoms with van der Waals surface area (Å²) >= 11 is 4.21. The van der Waals surface area contributed by atoms with Crippen molar-refractivity contribution in [1.29, 1.82) is 0 Å². The van der Waals surface area contributed by atoms with Gasteiger partial charge in [-0.3, -0.25) is 0 Å². The fourth-order valence-corrected chi connectivity index (χ4v) is 1.66. The second-order valence-electron chi connectivity index (χ2n) is 4.50. The maximum absolute atomic E-state index is 5.85. The zero-order chi connectivity index (χ0) is 10.9. The number of thiol groups is 1. The molecule has 0 radical (unpaired) electrons. The van der Waals surface area contributed by atoms with Gasteiger partial charge in [-0.15, -0.1) is 0 Å². The summed E-state index contributed by atoms with van der Waals surface area (Å²) in [5.41, 5.74) is 0.0662. The van der Waals surface area contributed by atoms with Crippen molar-refractivity contribution in [2.75, 3.05) is 12.4 Å². The summed E-state index contributed by atoms with van der Waals surface area (Å²) in [7, 11) is 0. The third-order valence-corrected chi connectivity index (χ3v) is 2.74. The van der Waals surface area contributed by atoms with E-state index in [2.05, 4.69) is 33.4 Å². The number of rotatable bonds is 9. The SMILES string of the molecule is CCCCCOC(C)(C)CCCCS. The van der Waals surface area contributed by atoms with Crippen molar-refractivity contribution in [3.63, 3.8) is 0 Å². The van der Waals surface area contributed by atoms with E-state index in [9.17, 15) is 0 Å². The van der Waals surface area contributed by atoms with Gasteiger partial charge < -0.3 is 4.74 Å². The minimum absolute atomic E-state index is 0.0662. The predicted octanol–water partition coefficient (Wildman–Crippen LogP) is 4.07. The van der Waals surface area contributed by atoms with E-state index in [0.29, 0.717) is 0 Å². The summed E-state index contributed by atoms with van der Waals surface area (Å²) < 4.78 is 5.85. The Morgan fingerprint density at radius 2 is 1.79 bits per heavy atom. The van der Waals surface area contributed by atoms with E-state index in [0.717, 1.165) is 18.8 Å². The summed E-state index contributed by atoms with van der Waals surface area (Å²) in [5.74, 6) is 0.992. The van der Waals surface area contributed by atoms with Gasteiger partial charge >= 0.3 is 0 Å². The van der Waals surface area contributed by atoms with Gasteiger partial charge in [-0.25, -0.2) is 0 Å². The fraction of sp³-hybridized carbons (Fsp3) is 1.00. The molecule has 0 unspecified atom stereocenters. The van der Waals surface area contributed by atoms with E-state index in [1.54, 1.807) is 0 Å². The molecule has 0 aromatic rings. The molecule has 1 nitrogen and oxygen atoms in total. The first-order chi connectivity index (χ1) is 6.62. The molecule has 14 heavy (non-hydrogen) atoms. The zero-order valence-corrected chi connectivity index (χ0v) is 10.9. The lowest BCUT2D eigenvalue weighted by atomic mass is 10.0. The maximum atomic E-state index is 5.85. The van der Waals surface area contributed by atoms with Crippen molar-refractivity contribution < 1.29 is 4.74 Å². The number of unbranched alkanes of at least 4 members (excludes halogenated alkanes) is 3. The molecule has 0 heterocycles. The van der Waals surface area contributed by atoms with Gasteiger partial charge in [0.2, 0.25) is 0 Å². The third kappa shape index (κ3) is 8.89. The van der Waals surface area contributed by atoms with Crippen LogP contribution in [0.3, 0.4) is 0 Å². The van der Waals surface area contributed by atoms with Crippen LogP contribution in [0.2, 0.25) is 0 Å². The van der Waals surface area contributed by atoms with Crippen molar-refractivity contribution in [3.05, 3.63) is 0 Å². The quantitative estimate of drug-likeness (QED) is 0.453. The van der Waals surface area contributed by atoms with Gasteiger partial charge in [-0.05, 0) is 45.3 Å².